The van der Waals surface area contributed by atoms with Gasteiger partial charge in [0.25, 0.3) is 5.91 Å². The Labute approximate surface area is 104 Å². The van der Waals surface area contributed by atoms with Gasteiger partial charge in [-0.05, 0) is 12.5 Å². The zero-order valence-electron chi connectivity index (χ0n) is 8.76. The molecule has 1 N–H and O–H groups in total. The van der Waals surface area contributed by atoms with E-state index in [9.17, 15) is 13.2 Å². The fourth-order valence-corrected chi connectivity index (χ4v) is 2.80. The molecule has 0 aliphatic rings. The van der Waals surface area contributed by atoms with Crippen molar-refractivity contribution in [2.75, 3.05) is 18.6 Å². The third kappa shape index (κ3) is 5.00. The van der Waals surface area contributed by atoms with Gasteiger partial charge in [0.1, 0.15) is 9.84 Å². The van der Waals surface area contributed by atoms with Crippen LogP contribution in [-0.4, -0.2) is 32.9 Å². The summed E-state index contributed by atoms with van der Waals surface area (Å²) in [7, 11) is -2.94. The molecular weight excluding hydrogens is 266 g/mol. The number of nitrogens with one attached hydrogen (secondary N) is 1. The van der Waals surface area contributed by atoms with E-state index in [0.717, 1.165) is 4.90 Å². The zero-order valence-corrected chi connectivity index (χ0v) is 11.3. The van der Waals surface area contributed by atoms with E-state index in [0.29, 0.717) is 17.8 Å². The summed E-state index contributed by atoms with van der Waals surface area (Å²) in [4.78, 5) is 12.8. The SMILES string of the molecule is CS(=O)(=O)CCCNC(=O)c1cc(S)cs1. The molecule has 1 amide bonds. The summed E-state index contributed by atoms with van der Waals surface area (Å²) in [5.74, 6) is -0.0889. The monoisotopic (exact) mass is 279 g/mol. The second kappa shape index (κ2) is 5.70. The molecule has 1 aromatic rings. The van der Waals surface area contributed by atoms with Gasteiger partial charge in [-0.3, -0.25) is 4.79 Å². The van der Waals surface area contributed by atoms with Crippen LogP contribution in [0.3, 0.4) is 0 Å². The lowest BCUT2D eigenvalue weighted by atomic mass is 10.4. The predicted molar refractivity (Wildman–Crippen MR) is 68.2 cm³/mol. The van der Waals surface area contributed by atoms with Crippen LogP contribution in [0.15, 0.2) is 16.3 Å². The van der Waals surface area contributed by atoms with Gasteiger partial charge in [-0.1, -0.05) is 0 Å². The molecule has 0 atom stereocenters. The first-order valence-electron chi connectivity index (χ1n) is 4.62. The molecule has 90 valence electrons. The van der Waals surface area contributed by atoms with E-state index in [-0.39, 0.29) is 11.7 Å². The van der Waals surface area contributed by atoms with Gasteiger partial charge >= 0.3 is 0 Å². The molecule has 0 saturated heterocycles. The summed E-state index contributed by atoms with van der Waals surface area (Å²) in [6.45, 7) is 0.367. The van der Waals surface area contributed by atoms with E-state index < -0.39 is 9.84 Å². The second-order valence-corrected chi connectivity index (χ2v) is 7.10. The molecule has 0 bridgehead atoms. The summed E-state index contributed by atoms with van der Waals surface area (Å²) < 4.78 is 21.7. The number of thiol groups is 1. The molecule has 16 heavy (non-hydrogen) atoms. The lowest BCUT2D eigenvalue weighted by Crippen LogP contribution is -2.25. The van der Waals surface area contributed by atoms with E-state index in [2.05, 4.69) is 17.9 Å². The van der Waals surface area contributed by atoms with E-state index in [1.165, 1.54) is 17.6 Å². The fraction of sp³-hybridized carbons (Fsp3) is 0.444. The molecule has 0 fully saturated rings. The first-order valence-corrected chi connectivity index (χ1v) is 8.00. The van der Waals surface area contributed by atoms with E-state index in [4.69, 9.17) is 0 Å². The van der Waals surface area contributed by atoms with Crippen LogP contribution < -0.4 is 5.32 Å². The number of carbonyl (C=O) groups is 1. The van der Waals surface area contributed by atoms with Crippen molar-refractivity contribution in [2.45, 2.75) is 11.3 Å². The molecule has 0 aliphatic heterocycles. The molecule has 0 aliphatic carbocycles. The van der Waals surface area contributed by atoms with Crippen LogP contribution >= 0.6 is 24.0 Å². The highest BCUT2D eigenvalue weighted by atomic mass is 32.2. The topological polar surface area (TPSA) is 63.2 Å². The normalized spacial score (nSPS) is 11.4. The van der Waals surface area contributed by atoms with Crippen molar-refractivity contribution < 1.29 is 13.2 Å². The van der Waals surface area contributed by atoms with Crippen molar-refractivity contribution in [3.63, 3.8) is 0 Å². The number of hydrogen-bond donors (Lipinski definition) is 2. The highest BCUT2D eigenvalue weighted by molar-refractivity contribution is 7.90. The van der Waals surface area contributed by atoms with Crippen LogP contribution in [0, 0.1) is 0 Å². The van der Waals surface area contributed by atoms with E-state index in [1.54, 1.807) is 11.4 Å². The van der Waals surface area contributed by atoms with Gasteiger partial charge in [-0.15, -0.1) is 24.0 Å². The Balaban J connectivity index is 2.31. The molecule has 1 heterocycles. The number of thiophene rings is 1. The van der Waals surface area contributed by atoms with Gasteiger partial charge in [0, 0.05) is 23.1 Å². The molecule has 4 nitrogen and oxygen atoms in total. The van der Waals surface area contributed by atoms with Crippen LogP contribution in [0.1, 0.15) is 16.1 Å². The van der Waals surface area contributed by atoms with Crippen molar-refractivity contribution in [2.24, 2.45) is 0 Å². The standard InChI is InChI=1S/C9H13NO3S3/c1-16(12,13)4-2-3-10-9(11)8-5-7(14)6-15-8/h5-6,14H,2-4H2,1H3,(H,10,11). The van der Waals surface area contributed by atoms with Crippen LogP contribution in [0.5, 0.6) is 0 Å². The molecule has 1 aromatic heterocycles. The van der Waals surface area contributed by atoms with Crippen molar-refractivity contribution >= 4 is 39.7 Å². The Morgan fingerprint density at radius 1 is 1.56 bits per heavy atom. The lowest BCUT2D eigenvalue weighted by molar-refractivity contribution is 0.0957. The second-order valence-electron chi connectivity index (χ2n) is 3.41. The third-order valence-electron chi connectivity index (χ3n) is 1.79. The van der Waals surface area contributed by atoms with Crippen LogP contribution in [0.4, 0.5) is 0 Å². The maximum Gasteiger partial charge on any atom is 0.261 e. The summed E-state index contributed by atoms with van der Waals surface area (Å²) in [6.07, 6.45) is 1.62. The molecule has 0 aromatic carbocycles. The zero-order chi connectivity index (χ0) is 12.2. The Morgan fingerprint density at radius 2 is 2.25 bits per heavy atom. The Hall–Kier alpha value is -0.530. The van der Waals surface area contributed by atoms with Gasteiger partial charge in [-0.25, -0.2) is 8.42 Å². The average molecular weight is 279 g/mol. The van der Waals surface area contributed by atoms with Crippen LogP contribution in [0.2, 0.25) is 0 Å². The summed E-state index contributed by atoms with van der Waals surface area (Å²) >= 11 is 5.41. The third-order valence-corrected chi connectivity index (χ3v) is 4.18. The van der Waals surface area contributed by atoms with Gasteiger partial charge in [-0.2, -0.15) is 0 Å². The molecule has 0 radical (unpaired) electrons. The predicted octanol–water partition coefficient (Wildman–Crippen LogP) is 1.20. The van der Waals surface area contributed by atoms with Crippen molar-refractivity contribution in [1.82, 2.24) is 5.32 Å². The molecule has 0 saturated carbocycles. The number of amides is 1. The molecule has 0 spiro atoms. The first kappa shape index (κ1) is 13.5. The van der Waals surface area contributed by atoms with Crippen molar-refractivity contribution in [3.05, 3.63) is 16.3 Å². The average Bonchev–Trinajstić information content (AvgIpc) is 2.57. The Morgan fingerprint density at radius 3 is 2.75 bits per heavy atom. The summed E-state index contributed by atoms with van der Waals surface area (Å²) in [5, 5.41) is 4.43. The molecule has 7 heteroatoms. The lowest BCUT2D eigenvalue weighted by Gasteiger charge is -2.02. The minimum Gasteiger partial charge on any atom is -0.351 e. The fourth-order valence-electron chi connectivity index (χ4n) is 1.07. The highest BCUT2D eigenvalue weighted by Gasteiger charge is 2.08. The highest BCUT2D eigenvalue weighted by Crippen LogP contribution is 2.17. The van der Waals surface area contributed by atoms with Crippen molar-refractivity contribution in [3.8, 4) is 0 Å². The van der Waals surface area contributed by atoms with Gasteiger partial charge in [0.15, 0.2) is 0 Å². The van der Waals surface area contributed by atoms with Gasteiger partial charge in [0.05, 0.1) is 10.6 Å². The Kier molecular flexibility index (Phi) is 4.82. The molecular formula is C9H13NO3S3. The smallest absolute Gasteiger partial charge is 0.261 e. The first-order chi connectivity index (χ1) is 7.38. The number of hydrogen-bond acceptors (Lipinski definition) is 5. The summed E-state index contributed by atoms with van der Waals surface area (Å²) in [5.41, 5.74) is 0. The molecule has 0 unspecified atom stereocenters. The maximum atomic E-state index is 11.5. The Bertz CT molecular complexity index is 464. The van der Waals surface area contributed by atoms with E-state index >= 15 is 0 Å². The number of carbonyl (C=O) groups excluding carboxylic acids is 1. The minimum atomic E-state index is -2.94. The quantitative estimate of drug-likeness (QED) is 0.629. The van der Waals surface area contributed by atoms with Gasteiger partial charge < -0.3 is 5.32 Å². The largest absolute Gasteiger partial charge is 0.351 e. The van der Waals surface area contributed by atoms with Crippen LogP contribution in [0.25, 0.3) is 0 Å². The number of rotatable bonds is 5. The van der Waals surface area contributed by atoms with Gasteiger partial charge in [0.2, 0.25) is 0 Å². The van der Waals surface area contributed by atoms with Crippen molar-refractivity contribution in [1.29, 1.82) is 0 Å². The maximum absolute atomic E-state index is 11.5. The molecule has 1 rings (SSSR count). The summed E-state index contributed by atoms with van der Waals surface area (Å²) in [6, 6.07) is 1.68. The van der Waals surface area contributed by atoms with E-state index in [1.807, 2.05) is 0 Å². The minimum absolute atomic E-state index is 0.0928. The number of sulfone groups is 1. The van der Waals surface area contributed by atoms with Crippen LogP contribution in [-0.2, 0) is 9.84 Å².